The van der Waals surface area contributed by atoms with Gasteiger partial charge in [-0.15, -0.1) is 11.3 Å². The van der Waals surface area contributed by atoms with Crippen LogP contribution in [-0.4, -0.2) is 19.6 Å². The first-order valence-electron chi connectivity index (χ1n) is 6.21. The number of aliphatic hydroxyl groups excluding tert-OH is 1. The zero-order chi connectivity index (χ0) is 14.6. The molecule has 19 heavy (non-hydrogen) atoms. The Labute approximate surface area is 127 Å². The van der Waals surface area contributed by atoms with Crippen molar-refractivity contribution in [2.24, 2.45) is 5.92 Å². The van der Waals surface area contributed by atoms with Crippen LogP contribution < -0.4 is 4.72 Å². The van der Waals surface area contributed by atoms with Crippen molar-refractivity contribution >= 4 is 37.3 Å². The minimum atomic E-state index is -3.53. The molecule has 0 saturated carbocycles. The smallest absolute Gasteiger partial charge is 0.242 e. The van der Waals surface area contributed by atoms with Crippen LogP contribution in [0.5, 0.6) is 0 Å². The lowest BCUT2D eigenvalue weighted by Crippen LogP contribution is -2.33. The summed E-state index contributed by atoms with van der Waals surface area (Å²) < 4.78 is 27.7. The predicted molar refractivity (Wildman–Crippen MR) is 81.8 cm³/mol. The van der Waals surface area contributed by atoms with Crippen molar-refractivity contribution in [1.29, 1.82) is 0 Å². The van der Waals surface area contributed by atoms with Gasteiger partial charge in [-0.05, 0) is 41.3 Å². The topological polar surface area (TPSA) is 66.4 Å². The first kappa shape index (κ1) is 17.1. The Bertz CT molecular complexity index is 513. The average Bonchev–Trinajstić information content (AvgIpc) is 2.70. The number of rotatable bonds is 7. The number of hydrogen-bond donors (Lipinski definition) is 2. The van der Waals surface area contributed by atoms with Crippen LogP contribution in [-0.2, 0) is 16.6 Å². The van der Waals surface area contributed by atoms with Gasteiger partial charge in [0.15, 0.2) is 0 Å². The van der Waals surface area contributed by atoms with E-state index in [1.807, 2.05) is 6.92 Å². The van der Waals surface area contributed by atoms with Crippen molar-refractivity contribution in [2.75, 3.05) is 0 Å². The summed E-state index contributed by atoms with van der Waals surface area (Å²) >= 11 is 4.47. The molecule has 2 N–H and O–H groups in total. The third-order valence-electron chi connectivity index (χ3n) is 2.96. The molecule has 0 saturated heterocycles. The Hall–Kier alpha value is 0.0500. The van der Waals surface area contributed by atoms with E-state index in [-0.39, 0.29) is 17.5 Å². The predicted octanol–water partition coefficient (Wildman–Crippen LogP) is 3.11. The molecule has 2 atom stereocenters. The summed E-state index contributed by atoms with van der Waals surface area (Å²) in [4.78, 5) is 0.833. The van der Waals surface area contributed by atoms with Crippen LogP contribution in [0.2, 0.25) is 0 Å². The third kappa shape index (κ3) is 4.82. The van der Waals surface area contributed by atoms with Gasteiger partial charge >= 0.3 is 0 Å². The molecule has 1 aromatic heterocycles. The molecule has 4 nitrogen and oxygen atoms in total. The van der Waals surface area contributed by atoms with Gasteiger partial charge in [0.05, 0.1) is 10.4 Å². The van der Waals surface area contributed by atoms with Gasteiger partial charge in [0, 0.05) is 10.9 Å². The second-order valence-corrected chi connectivity index (χ2v) is 8.92. The van der Waals surface area contributed by atoms with E-state index in [0.717, 1.165) is 12.8 Å². The lowest BCUT2D eigenvalue weighted by molar-refractivity contribution is 0.285. The summed E-state index contributed by atoms with van der Waals surface area (Å²) in [6.45, 7) is 5.92. The van der Waals surface area contributed by atoms with E-state index in [4.69, 9.17) is 5.11 Å². The highest BCUT2D eigenvalue weighted by Crippen LogP contribution is 2.31. The van der Waals surface area contributed by atoms with Gasteiger partial charge in [-0.25, -0.2) is 13.1 Å². The van der Waals surface area contributed by atoms with E-state index in [0.29, 0.717) is 14.6 Å². The number of thiophene rings is 1. The zero-order valence-electron chi connectivity index (χ0n) is 11.3. The Morgan fingerprint density at radius 3 is 2.58 bits per heavy atom. The maximum absolute atomic E-state index is 12.2. The van der Waals surface area contributed by atoms with Crippen LogP contribution in [0.3, 0.4) is 0 Å². The number of aliphatic hydroxyl groups is 1. The first-order chi connectivity index (χ1) is 8.80. The van der Waals surface area contributed by atoms with E-state index in [9.17, 15) is 8.42 Å². The summed E-state index contributed by atoms with van der Waals surface area (Å²) in [5.41, 5.74) is 0. The van der Waals surface area contributed by atoms with Crippen molar-refractivity contribution in [3.8, 4) is 0 Å². The SMILES string of the molecule is CCC(C)CC(C)NS(=O)(=O)c1cc(CO)sc1Br. The normalized spacial score (nSPS) is 15.4. The summed E-state index contributed by atoms with van der Waals surface area (Å²) in [6.07, 6.45) is 1.84. The minimum absolute atomic E-state index is 0.107. The van der Waals surface area contributed by atoms with Crippen LogP contribution >= 0.6 is 27.3 Å². The van der Waals surface area contributed by atoms with Crippen molar-refractivity contribution < 1.29 is 13.5 Å². The Morgan fingerprint density at radius 2 is 2.11 bits per heavy atom. The van der Waals surface area contributed by atoms with Crippen LogP contribution in [0, 0.1) is 5.92 Å². The molecule has 110 valence electrons. The molecule has 1 rings (SSSR count). The number of sulfonamides is 1. The highest BCUT2D eigenvalue weighted by Gasteiger charge is 2.23. The molecule has 0 fully saturated rings. The van der Waals surface area contributed by atoms with E-state index >= 15 is 0 Å². The Balaban J connectivity index is 2.83. The van der Waals surface area contributed by atoms with Gasteiger partial charge in [0.25, 0.3) is 0 Å². The molecule has 0 aliphatic rings. The molecule has 0 aliphatic heterocycles. The summed E-state index contributed by atoms with van der Waals surface area (Å²) in [6, 6.07) is 1.40. The van der Waals surface area contributed by atoms with Gasteiger partial charge in [0.1, 0.15) is 4.90 Å². The van der Waals surface area contributed by atoms with E-state index in [1.54, 1.807) is 0 Å². The molecule has 0 spiro atoms. The van der Waals surface area contributed by atoms with E-state index in [2.05, 4.69) is 34.5 Å². The molecule has 1 heterocycles. The second-order valence-electron chi connectivity index (χ2n) is 4.78. The second kappa shape index (κ2) is 7.17. The highest BCUT2D eigenvalue weighted by molar-refractivity contribution is 9.11. The fourth-order valence-electron chi connectivity index (χ4n) is 1.81. The Kier molecular flexibility index (Phi) is 6.46. The quantitative estimate of drug-likeness (QED) is 0.775. The lowest BCUT2D eigenvalue weighted by Gasteiger charge is -2.17. The van der Waals surface area contributed by atoms with Gasteiger partial charge in [-0.1, -0.05) is 20.3 Å². The summed E-state index contributed by atoms with van der Waals surface area (Å²) in [7, 11) is -3.53. The fraction of sp³-hybridized carbons (Fsp3) is 0.667. The summed E-state index contributed by atoms with van der Waals surface area (Å²) in [5.74, 6) is 0.483. The van der Waals surface area contributed by atoms with Crippen molar-refractivity contribution in [1.82, 2.24) is 4.72 Å². The number of nitrogens with one attached hydrogen (secondary N) is 1. The number of hydrogen-bond acceptors (Lipinski definition) is 4. The van der Waals surface area contributed by atoms with Gasteiger partial charge in [-0.3, -0.25) is 0 Å². The average molecular weight is 370 g/mol. The zero-order valence-corrected chi connectivity index (χ0v) is 14.5. The highest BCUT2D eigenvalue weighted by atomic mass is 79.9. The molecule has 1 aromatic rings. The Morgan fingerprint density at radius 1 is 1.47 bits per heavy atom. The molecule has 0 radical (unpaired) electrons. The van der Waals surface area contributed by atoms with E-state index in [1.165, 1.54) is 17.4 Å². The number of halogens is 1. The molecule has 0 aromatic carbocycles. The van der Waals surface area contributed by atoms with Crippen LogP contribution in [0.15, 0.2) is 14.7 Å². The minimum Gasteiger partial charge on any atom is -0.391 e. The molecule has 0 bridgehead atoms. The van der Waals surface area contributed by atoms with Gasteiger partial charge < -0.3 is 5.11 Å². The van der Waals surface area contributed by atoms with Crippen molar-refractivity contribution in [3.05, 3.63) is 14.7 Å². The maximum atomic E-state index is 12.2. The van der Waals surface area contributed by atoms with Gasteiger partial charge in [-0.2, -0.15) is 0 Å². The molecule has 2 unspecified atom stereocenters. The van der Waals surface area contributed by atoms with Crippen LogP contribution in [0.4, 0.5) is 0 Å². The monoisotopic (exact) mass is 369 g/mol. The van der Waals surface area contributed by atoms with Crippen molar-refractivity contribution in [2.45, 2.75) is 51.2 Å². The van der Waals surface area contributed by atoms with Gasteiger partial charge in [0.2, 0.25) is 10.0 Å². The van der Waals surface area contributed by atoms with E-state index < -0.39 is 10.0 Å². The molecule has 7 heteroatoms. The summed E-state index contributed by atoms with van der Waals surface area (Å²) in [5, 5.41) is 9.05. The molecule has 0 amide bonds. The molecular formula is C12H20BrNO3S2. The van der Waals surface area contributed by atoms with Crippen molar-refractivity contribution in [3.63, 3.8) is 0 Å². The first-order valence-corrected chi connectivity index (χ1v) is 9.30. The molecule has 0 aliphatic carbocycles. The maximum Gasteiger partial charge on any atom is 0.242 e. The lowest BCUT2D eigenvalue weighted by atomic mass is 10.0. The van der Waals surface area contributed by atoms with Crippen LogP contribution in [0.1, 0.15) is 38.5 Å². The largest absolute Gasteiger partial charge is 0.391 e. The van der Waals surface area contributed by atoms with Crippen LogP contribution in [0.25, 0.3) is 0 Å². The third-order valence-corrected chi connectivity index (χ3v) is 6.79. The molecular weight excluding hydrogens is 350 g/mol. The fourth-order valence-corrected chi connectivity index (χ4v) is 5.60. The standard InChI is InChI=1S/C12H20BrNO3S2/c1-4-8(2)5-9(3)14-19(16,17)11-6-10(7-15)18-12(11)13/h6,8-9,14-15H,4-5,7H2,1-3H3.